The Balaban J connectivity index is 0.000000133. The van der Waals surface area contributed by atoms with E-state index in [-0.39, 0.29) is 53.7 Å². The number of ether oxygens (including phenoxy) is 2. The van der Waals surface area contributed by atoms with Crippen LogP contribution in [0.25, 0.3) is 0 Å². The number of aromatic nitrogens is 17. The third-order valence-electron chi connectivity index (χ3n) is 24.2. The fraction of sp³-hybridized carbons (Fsp3) is 0.444. The van der Waals surface area contributed by atoms with Crippen LogP contribution in [0.4, 0.5) is 118 Å². The lowest BCUT2D eigenvalue weighted by molar-refractivity contribution is 0.0518. The van der Waals surface area contributed by atoms with Crippen LogP contribution in [0, 0.1) is 34.6 Å². The Kier molecular flexibility index (Phi) is 27.6. The molecular weight excluding hydrogens is 1800 g/mol. The van der Waals surface area contributed by atoms with Crippen molar-refractivity contribution < 1.29 is 33.4 Å². The smallest absolute Gasteiger partial charge is 0.280 e. The summed E-state index contributed by atoms with van der Waals surface area (Å²) in [5.41, 5.74) is 9.20. The first-order valence-corrected chi connectivity index (χ1v) is 47.9. The lowest BCUT2D eigenvalue weighted by atomic mass is 10.0. The number of benzene rings is 1. The third-order valence-corrected chi connectivity index (χ3v) is 28.4. The van der Waals surface area contributed by atoms with E-state index >= 15 is 0 Å². The maximum atomic E-state index is 13.5. The summed E-state index contributed by atoms with van der Waals surface area (Å²) in [4.78, 5) is 152. The number of aryl methyl sites for hydroxylation is 6. The zero-order valence-corrected chi connectivity index (χ0v) is 83.5. The van der Waals surface area contributed by atoms with E-state index in [1.807, 2.05) is 187 Å². The number of likely N-dealkylation sites (tertiary alicyclic amines) is 1. The van der Waals surface area contributed by atoms with E-state index < -0.39 is 0 Å². The van der Waals surface area contributed by atoms with Gasteiger partial charge in [-0.1, -0.05) is 0 Å². The molecule has 1 aromatic carbocycles. The summed E-state index contributed by atoms with van der Waals surface area (Å²) >= 11 is 5.89. The molecule has 19 rings (SSSR count). The monoisotopic (exact) mass is 1910 g/mol. The maximum absolute atomic E-state index is 13.5. The number of hydrogen-bond acceptors (Lipinski definition) is 38. The van der Waals surface area contributed by atoms with Gasteiger partial charge in [0, 0.05) is 156 Å². The Hall–Kier alpha value is -13.3. The number of likely N-dealkylation sites (N-methyl/N-ethyl adjacent to an activating group) is 2. The van der Waals surface area contributed by atoms with Crippen LogP contribution in [0.2, 0.25) is 0 Å². The molecule has 3 saturated heterocycles. The Morgan fingerprint density at radius 1 is 0.415 bits per heavy atom. The molecule has 7 aliphatic rings. The van der Waals surface area contributed by atoms with Gasteiger partial charge in [-0.05, 0) is 135 Å². The number of piperazine rings is 2. The standard InChI is InChI=1S/C31H41N9O3S.C24H31N9O2S.C18H22N8OS.C17H20N8OS/c1-19(2)40-24-18-32-31(35-27(24)37(5)30-26(29(40)42)33-20(3)44-30)34-23-8-7-21(17-25(23)43-6)28(41)39-11-9-22(10-12-39)38-15-13-36(4)14-16-38;1-14(2)33-17-13-26-24(29-21(17)31(5)23-19(22(33)34)27-15(3)36-23)28-20-18(35-6)11-16(12-25-20)32-9-7-30(4)8-10-32;1-9(2)26-13-8-19-18(22-12-7-20-25(6)10(12)3)23-15(13)24(5)17-14(16(26)27)21-11(4)28-17;1-9(2)25-12-7-18-17(21-11-6-19-23(4)8-11)22-14(12)24(5)16-13(15(25)26)20-10(3)27-16/h7-8,17-19,22H,9-16H2,1-6H3,(H,32,34,35);11-14H,7-10H2,1-6H3,(H,25,26,28,29);7-9H,1-6H3,(H,19,22,23);6-9H,1-5H3,(H,18,21,22). The summed E-state index contributed by atoms with van der Waals surface area (Å²) in [6, 6.07) is 7.63. The fourth-order valence-electron chi connectivity index (χ4n) is 17.1. The number of amides is 5. The molecular formula is C90H114N34O7S4. The first-order valence-electron chi connectivity index (χ1n) is 44.6. The Morgan fingerprint density at radius 2 is 0.800 bits per heavy atom. The van der Waals surface area contributed by atoms with Crippen molar-refractivity contribution in [1.29, 1.82) is 0 Å². The SMILES string of the molecule is COc1cc(C(=O)N2CCC(N3CCN(C)CC3)CC2)ccc1Nc1ncc2c(n1)N(C)c1sc(C)nc1C(=O)N2C(C)C.COc1cc(N2CCN(C)CC2)cnc1Nc1ncc2c(n1)N(C)c1sc(C)nc1C(=O)N2C(C)C.Cc1nc2c(s1)N(C)c1nc(Nc3cnn(C)c3)ncc1N(C(C)C)C2=O.Cc1nc2c(s1)N(C)c1nc(Nc3cnn(C)c3C)ncc1N(C(C)C)C2=O. The molecule has 0 aliphatic carbocycles. The van der Waals surface area contributed by atoms with Crippen molar-refractivity contribution >= 4 is 193 Å². The molecule has 710 valence electrons. The van der Waals surface area contributed by atoms with E-state index in [4.69, 9.17) is 24.4 Å². The number of methoxy groups -OCH3 is 2. The van der Waals surface area contributed by atoms with Crippen LogP contribution >= 0.6 is 45.3 Å². The normalized spacial score (nSPS) is 15.8. The number of carbonyl (C=O) groups excluding carboxylic acids is 5. The molecule has 11 aromatic heterocycles. The van der Waals surface area contributed by atoms with Gasteiger partial charge in [0.05, 0.1) is 106 Å². The molecule has 0 spiro atoms. The molecule has 0 unspecified atom stereocenters. The summed E-state index contributed by atoms with van der Waals surface area (Å²) < 4.78 is 14.8. The molecule has 3 fully saturated rings. The number of hydrogen-bond donors (Lipinski definition) is 4. The van der Waals surface area contributed by atoms with Gasteiger partial charge in [0.2, 0.25) is 23.8 Å². The molecule has 0 radical (unpaired) electrons. The number of fused-ring (bicyclic) bond motifs is 8. The minimum Gasteiger partial charge on any atom is -0.495 e. The van der Waals surface area contributed by atoms with E-state index in [1.54, 1.807) is 86.4 Å². The predicted molar refractivity (Wildman–Crippen MR) is 531 cm³/mol. The van der Waals surface area contributed by atoms with Crippen molar-refractivity contribution in [1.82, 2.24) is 104 Å². The van der Waals surface area contributed by atoms with Crippen LogP contribution in [-0.2, 0) is 14.1 Å². The van der Waals surface area contributed by atoms with Gasteiger partial charge in [-0.25, -0.2) is 44.9 Å². The minimum atomic E-state index is -0.167. The summed E-state index contributed by atoms with van der Waals surface area (Å²) in [6.45, 7) is 35.1. The molecule has 45 heteroatoms. The first-order chi connectivity index (χ1) is 64.5. The topological polar surface area (TPSA) is 397 Å². The van der Waals surface area contributed by atoms with E-state index in [2.05, 4.69) is 115 Å². The van der Waals surface area contributed by atoms with Crippen molar-refractivity contribution in [2.45, 2.75) is 133 Å². The number of nitrogens with zero attached hydrogens (tertiary/aromatic N) is 30. The van der Waals surface area contributed by atoms with Crippen molar-refractivity contribution in [3.05, 3.63) is 128 Å². The van der Waals surface area contributed by atoms with Crippen molar-refractivity contribution in [2.24, 2.45) is 14.1 Å². The molecule has 0 saturated carbocycles. The fourth-order valence-corrected chi connectivity index (χ4v) is 20.5. The molecule has 135 heavy (non-hydrogen) atoms. The average molecular weight is 1910 g/mol. The van der Waals surface area contributed by atoms with Crippen LogP contribution in [0.5, 0.6) is 11.5 Å². The molecule has 18 heterocycles. The zero-order valence-electron chi connectivity index (χ0n) is 80.2. The molecule has 12 aromatic rings. The van der Waals surface area contributed by atoms with Gasteiger partial charge in [0.1, 0.15) is 48.5 Å². The van der Waals surface area contributed by atoms with Crippen molar-refractivity contribution in [3.8, 4) is 11.5 Å². The molecule has 5 amide bonds. The van der Waals surface area contributed by atoms with E-state index in [0.717, 1.165) is 141 Å². The Morgan fingerprint density at radius 3 is 1.17 bits per heavy atom. The number of rotatable bonds is 17. The van der Waals surface area contributed by atoms with Gasteiger partial charge >= 0.3 is 0 Å². The van der Waals surface area contributed by atoms with E-state index in [9.17, 15) is 24.0 Å². The zero-order chi connectivity index (χ0) is 96.1. The molecule has 0 atom stereocenters. The molecule has 0 bridgehead atoms. The highest BCUT2D eigenvalue weighted by atomic mass is 32.1. The van der Waals surface area contributed by atoms with Crippen LogP contribution in [0.15, 0.2) is 73.8 Å². The van der Waals surface area contributed by atoms with E-state index in [0.29, 0.717) is 127 Å². The highest BCUT2D eigenvalue weighted by Gasteiger charge is 2.42. The second-order valence-electron chi connectivity index (χ2n) is 35.0. The summed E-state index contributed by atoms with van der Waals surface area (Å²) in [5.74, 6) is 5.21. The van der Waals surface area contributed by atoms with Gasteiger partial charge in [0.15, 0.2) is 57.6 Å². The number of pyridine rings is 1. The van der Waals surface area contributed by atoms with Crippen LogP contribution in [0.1, 0.15) is 146 Å². The summed E-state index contributed by atoms with van der Waals surface area (Å²) in [7, 11) is 18.8. The molecule has 41 nitrogen and oxygen atoms in total. The highest BCUT2D eigenvalue weighted by Crippen LogP contribution is 2.48. The largest absolute Gasteiger partial charge is 0.495 e. The average Bonchev–Trinajstić information content (AvgIpc) is 1.63. The van der Waals surface area contributed by atoms with E-state index in [1.165, 1.54) is 45.3 Å². The van der Waals surface area contributed by atoms with Crippen LogP contribution in [0.3, 0.4) is 0 Å². The number of thiazole rings is 4. The van der Waals surface area contributed by atoms with Gasteiger partial charge in [0.25, 0.3) is 29.5 Å². The lowest BCUT2D eigenvalue weighted by Gasteiger charge is -2.42. The Labute approximate surface area is 799 Å². The number of piperidine rings is 1. The molecule has 4 N–H and O–H groups in total. The second kappa shape index (κ2) is 39.3. The number of nitrogens with one attached hydrogen (secondary N) is 4. The van der Waals surface area contributed by atoms with Crippen LogP contribution < -0.4 is 74.8 Å². The lowest BCUT2D eigenvalue weighted by Crippen LogP contribution is -2.52. The minimum absolute atomic E-state index is 0.0173. The maximum Gasteiger partial charge on any atom is 0.280 e. The Bertz CT molecular complexity index is 6440. The van der Waals surface area contributed by atoms with Crippen LogP contribution in [-0.4, -0.2) is 286 Å². The van der Waals surface area contributed by atoms with Gasteiger partial charge in [-0.3, -0.25) is 57.8 Å². The quantitative estimate of drug-likeness (QED) is 0.0658. The predicted octanol–water partition coefficient (Wildman–Crippen LogP) is 13.3. The highest BCUT2D eigenvalue weighted by molar-refractivity contribution is 7.17. The van der Waals surface area contributed by atoms with Gasteiger partial charge in [-0.15, -0.1) is 45.3 Å². The van der Waals surface area contributed by atoms with Gasteiger partial charge < -0.3 is 69.9 Å². The first kappa shape index (κ1) is 94.8. The number of carbonyl (C=O) groups is 5. The van der Waals surface area contributed by atoms with Crippen molar-refractivity contribution in [2.75, 3.05) is 187 Å². The van der Waals surface area contributed by atoms with Crippen molar-refractivity contribution in [3.63, 3.8) is 0 Å². The summed E-state index contributed by atoms with van der Waals surface area (Å²) in [6.07, 6.45) is 15.8. The summed E-state index contributed by atoms with van der Waals surface area (Å²) in [5, 5.41) is 27.6. The van der Waals surface area contributed by atoms with Gasteiger partial charge in [-0.2, -0.15) is 30.1 Å². The second-order valence-corrected chi connectivity index (χ2v) is 39.7. The third kappa shape index (κ3) is 19.3. The number of anilines is 21. The molecule has 7 aliphatic heterocycles.